The predicted molar refractivity (Wildman–Crippen MR) is 67.6 cm³/mol. The zero-order valence-corrected chi connectivity index (χ0v) is 10.7. The van der Waals surface area contributed by atoms with Crippen LogP contribution in [0.2, 0.25) is 19.6 Å². The second kappa shape index (κ2) is 4.62. The number of hydrogen-bond donors (Lipinski definition) is 1. The van der Waals surface area contributed by atoms with E-state index in [4.69, 9.17) is 5.73 Å². The summed E-state index contributed by atoms with van der Waals surface area (Å²) in [5, 5.41) is 0. The second-order valence-electron chi connectivity index (χ2n) is 4.95. The molecule has 0 saturated heterocycles. The molecule has 1 rings (SSSR count). The van der Waals surface area contributed by atoms with E-state index in [2.05, 4.69) is 19.6 Å². The van der Waals surface area contributed by atoms with Crippen LogP contribution in [0, 0.1) is 0 Å². The molecule has 1 unspecified atom stereocenters. The van der Waals surface area contributed by atoms with Crippen LogP contribution >= 0.6 is 0 Å². The number of nitrogen functional groups attached to an aromatic ring is 1. The number of benzene rings is 1. The average Bonchev–Trinajstić information content (AvgIpc) is 2.14. The molecule has 82 valence electrons. The molecule has 0 aliphatic heterocycles. The molecule has 0 fully saturated rings. The van der Waals surface area contributed by atoms with Crippen molar-refractivity contribution in [3.05, 3.63) is 29.8 Å². The van der Waals surface area contributed by atoms with Crippen LogP contribution in [0.1, 0.15) is 17.5 Å². The summed E-state index contributed by atoms with van der Waals surface area (Å²) >= 11 is 0. The number of rotatable bonds is 4. The molecule has 2 N–H and O–H groups in total. The molecule has 0 radical (unpaired) electrons. The normalized spacial score (nSPS) is 13.5. The highest BCUT2D eigenvalue weighted by Gasteiger charge is 2.28. The molecule has 1 atom stereocenters. The molecule has 0 bridgehead atoms. The third-order valence-electron chi connectivity index (χ3n) is 2.75. The number of carbonyl (C=O) groups is 1. The maximum Gasteiger partial charge on any atom is 0.120 e. The molecule has 1 aromatic carbocycles. The highest BCUT2D eigenvalue weighted by molar-refractivity contribution is 6.77. The molecular weight excluding hydrogens is 202 g/mol. The third kappa shape index (κ3) is 2.93. The minimum atomic E-state index is -1.39. The lowest BCUT2D eigenvalue weighted by atomic mass is 10.1. The molecule has 0 aromatic heterocycles. The van der Waals surface area contributed by atoms with E-state index in [9.17, 15) is 4.79 Å². The van der Waals surface area contributed by atoms with Crippen LogP contribution in [0.25, 0.3) is 0 Å². The first kappa shape index (κ1) is 12.0. The summed E-state index contributed by atoms with van der Waals surface area (Å²) in [6.07, 6.45) is 1.60. The number of carbonyl (C=O) groups excluding carboxylic acids is 1. The monoisotopic (exact) mass is 221 g/mol. The first-order chi connectivity index (χ1) is 6.96. The van der Waals surface area contributed by atoms with Crippen molar-refractivity contribution < 1.29 is 4.79 Å². The Morgan fingerprint density at radius 1 is 1.33 bits per heavy atom. The Hall–Kier alpha value is -1.09. The largest absolute Gasteiger partial charge is 0.399 e. The Kier molecular flexibility index (Phi) is 3.69. The van der Waals surface area contributed by atoms with Gasteiger partial charge in [0, 0.05) is 12.1 Å². The van der Waals surface area contributed by atoms with Gasteiger partial charge in [-0.05, 0) is 17.2 Å². The molecule has 0 aliphatic carbocycles. The lowest BCUT2D eigenvalue weighted by Gasteiger charge is -2.28. The Labute approximate surface area is 92.5 Å². The van der Waals surface area contributed by atoms with E-state index >= 15 is 0 Å². The summed E-state index contributed by atoms with van der Waals surface area (Å²) in [6.45, 7) is 6.81. The van der Waals surface area contributed by atoms with E-state index in [1.807, 2.05) is 24.3 Å². The van der Waals surface area contributed by atoms with Gasteiger partial charge < -0.3 is 10.5 Å². The molecule has 3 heteroatoms. The number of para-hydroxylation sites is 1. The molecule has 0 saturated carbocycles. The Bertz CT molecular complexity index is 344. The molecule has 0 heterocycles. The van der Waals surface area contributed by atoms with Gasteiger partial charge in [-0.3, -0.25) is 0 Å². The van der Waals surface area contributed by atoms with Crippen LogP contribution in [-0.2, 0) is 4.79 Å². The van der Waals surface area contributed by atoms with E-state index < -0.39 is 8.07 Å². The van der Waals surface area contributed by atoms with Crippen molar-refractivity contribution in [2.75, 3.05) is 5.73 Å². The fraction of sp³-hybridized carbons (Fsp3) is 0.417. The van der Waals surface area contributed by atoms with Crippen LogP contribution in [-0.4, -0.2) is 14.4 Å². The minimum Gasteiger partial charge on any atom is -0.399 e. The Morgan fingerprint density at radius 3 is 2.40 bits per heavy atom. The summed E-state index contributed by atoms with van der Waals surface area (Å²) in [5.41, 5.74) is 8.24. The lowest BCUT2D eigenvalue weighted by molar-refractivity contribution is -0.107. The summed E-state index contributed by atoms with van der Waals surface area (Å²) in [7, 11) is -1.39. The van der Waals surface area contributed by atoms with Crippen molar-refractivity contribution in [1.82, 2.24) is 0 Å². The first-order valence-corrected chi connectivity index (χ1v) is 8.82. The van der Waals surface area contributed by atoms with Gasteiger partial charge >= 0.3 is 0 Å². The standard InChI is InChI=1S/C12H19NOSi/c1-15(2,3)12(8-9-14)10-6-4-5-7-11(10)13/h4-7,9,12H,8,13H2,1-3H3. The lowest BCUT2D eigenvalue weighted by Crippen LogP contribution is -2.31. The summed E-state index contributed by atoms with van der Waals surface area (Å²) in [4.78, 5) is 10.7. The predicted octanol–water partition coefficient (Wildman–Crippen LogP) is 2.82. The van der Waals surface area contributed by atoms with E-state index in [-0.39, 0.29) is 0 Å². The van der Waals surface area contributed by atoms with Crippen molar-refractivity contribution in [1.29, 1.82) is 0 Å². The van der Waals surface area contributed by atoms with Gasteiger partial charge in [0.1, 0.15) is 6.29 Å². The number of anilines is 1. The van der Waals surface area contributed by atoms with Crippen LogP contribution in [0.15, 0.2) is 24.3 Å². The third-order valence-corrected chi connectivity index (χ3v) is 5.39. The summed E-state index contributed by atoms with van der Waals surface area (Å²) in [5.74, 6) is 0. The molecule has 15 heavy (non-hydrogen) atoms. The maximum atomic E-state index is 10.7. The highest BCUT2D eigenvalue weighted by atomic mass is 28.3. The van der Waals surface area contributed by atoms with Crippen molar-refractivity contribution >= 4 is 20.0 Å². The molecule has 1 aromatic rings. The fourth-order valence-corrected chi connectivity index (χ4v) is 3.87. The van der Waals surface area contributed by atoms with Gasteiger partial charge in [0.25, 0.3) is 0 Å². The quantitative estimate of drug-likeness (QED) is 0.482. The van der Waals surface area contributed by atoms with Crippen molar-refractivity contribution in [3.8, 4) is 0 Å². The molecule has 0 amide bonds. The van der Waals surface area contributed by atoms with Crippen molar-refractivity contribution in [2.45, 2.75) is 31.6 Å². The van der Waals surface area contributed by atoms with E-state index in [0.29, 0.717) is 12.0 Å². The Morgan fingerprint density at radius 2 is 1.93 bits per heavy atom. The highest BCUT2D eigenvalue weighted by Crippen LogP contribution is 2.32. The summed E-state index contributed by atoms with van der Waals surface area (Å²) in [6, 6.07) is 7.87. The van der Waals surface area contributed by atoms with Gasteiger partial charge in [0.05, 0.1) is 8.07 Å². The number of hydrogen-bond acceptors (Lipinski definition) is 2. The van der Waals surface area contributed by atoms with Crippen molar-refractivity contribution in [3.63, 3.8) is 0 Å². The van der Waals surface area contributed by atoms with Gasteiger partial charge in [-0.15, -0.1) is 0 Å². The molecule has 2 nitrogen and oxygen atoms in total. The van der Waals surface area contributed by atoms with Crippen LogP contribution < -0.4 is 5.73 Å². The Balaban J connectivity index is 3.10. The minimum absolute atomic E-state index is 0.330. The SMILES string of the molecule is C[Si](C)(C)C(CC=O)c1ccccc1N. The van der Waals surface area contributed by atoms with E-state index in [1.165, 1.54) is 0 Å². The van der Waals surface area contributed by atoms with Gasteiger partial charge in [-0.2, -0.15) is 0 Å². The van der Waals surface area contributed by atoms with Crippen molar-refractivity contribution in [2.24, 2.45) is 0 Å². The number of nitrogens with two attached hydrogens (primary N) is 1. The zero-order chi connectivity index (χ0) is 11.5. The van der Waals surface area contributed by atoms with Crippen LogP contribution in [0.3, 0.4) is 0 Å². The van der Waals surface area contributed by atoms with Gasteiger partial charge in [0.2, 0.25) is 0 Å². The van der Waals surface area contributed by atoms with Crippen LogP contribution in [0.5, 0.6) is 0 Å². The van der Waals surface area contributed by atoms with Gasteiger partial charge in [-0.1, -0.05) is 37.8 Å². The maximum absolute atomic E-state index is 10.7. The smallest absolute Gasteiger partial charge is 0.120 e. The topological polar surface area (TPSA) is 43.1 Å². The first-order valence-electron chi connectivity index (χ1n) is 5.25. The molecular formula is C12H19NOSi. The zero-order valence-electron chi connectivity index (χ0n) is 9.66. The second-order valence-corrected chi connectivity index (χ2v) is 10.4. The fourth-order valence-electron chi connectivity index (χ4n) is 1.87. The van der Waals surface area contributed by atoms with E-state index in [0.717, 1.165) is 17.5 Å². The number of aldehydes is 1. The summed E-state index contributed by atoms with van der Waals surface area (Å²) < 4.78 is 0. The van der Waals surface area contributed by atoms with Gasteiger partial charge in [0.15, 0.2) is 0 Å². The molecule has 0 aliphatic rings. The van der Waals surface area contributed by atoms with E-state index in [1.54, 1.807) is 0 Å². The van der Waals surface area contributed by atoms with Crippen LogP contribution in [0.4, 0.5) is 5.69 Å². The van der Waals surface area contributed by atoms with Gasteiger partial charge in [-0.25, -0.2) is 0 Å². The average molecular weight is 221 g/mol. The molecule has 0 spiro atoms.